The molecular formula is C51H35NO. The molecule has 14 rings (SSSR count). The van der Waals surface area contributed by atoms with Gasteiger partial charge in [0.05, 0.1) is 11.0 Å². The summed E-state index contributed by atoms with van der Waals surface area (Å²) < 4.78 is 8.56. The van der Waals surface area contributed by atoms with Crippen LogP contribution in [0.1, 0.15) is 30.4 Å². The molecule has 5 aliphatic rings. The van der Waals surface area contributed by atoms with Crippen LogP contribution in [-0.4, -0.2) is 4.57 Å². The molecule has 0 saturated heterocycles. The zero-order valence-electron chi connectivity index (χ0n) is 29.2. The molecule has 4 unspecified atom stereocenters. The van der Waals surface area contributed by atoms with Gasteiger partial charge in [0.1, 0.15) is 11.2 Å². The molecule has 0 bridgehead atoms. The van der Waals surface area contributed by atoms with E-state index >= 15 is 0 Å². The molecule has 0 amide bonds. The number of nitrogens with zero attached hydrogens (tertiary/aromatic N) is 1. The van der Waals surface area contributed by atoms with Gasteiger partial charge in [-0.05, 0) is 141 Å². The van der Waals surface area contributed by atoms with Crippen molar-refractivity contribution in [3.8, 4) is 39.1 Å². The van der Waals surface area contributed by atoms with Gasteiger partial charge in [-0.25, -0.2) is 0 Å². The van der Waals surface area contributed by atoms with Gasteiger partial charge < -0.3 is 8.98 Å². The molecule has 7 aromatic carbocycles. The van der Waals surface area contributed by atoms with Crippen molar-refractivity contribution in [1.29, 1.82) is 0 Å². The molecule has 4 saturated carbocycles. The Bertz CT molecular complexity index is 3060. The number of fused-ring (bicyclic) bond motifs is 13. The highest BCUT2D eigenvalue weighted by atomic mass is 16.3. The van der Waals surface area contributed by atoms with Crippen molar-refractivity contribution in [2.75, 3.05) is 0 Å². The summed E-state index contributed by atoms with van der Waals surface area (Å²) in [5, 5.41) is 4.94. The lowest BCUT2D eigenvalue weighted by molar-refractivity contribution is -0.412. The smallest absolute Gasteiger partial charge is 0.135 e. The first-order valence-corrected chi connectivity index (χ1v) is 19.5. The van der Waals surface area contributed by atoms with Crippen LogP contribution in [0.4, 0.5) is 0 Å². The lowest BCUT2D eigenvalue weighted by Crippen LogP contribution is -2.88. The molecule has 9 aromatic rings. The van der Waals surface area contributed by atoms with Crippen LogP contribution in [0, 0.1) is 29.1 Å². The maximum Gasteiger partial charge on any atom is 0.135 e. The minimum atomic E-state index is 0.254. The van der Waals surface area contributed by atoms with Gasteiger partial charge in [0.15, 0.2) is 0 Å². The molecule has 4 fully saturated rings. The fraction of sp³-hybridized carbons (Fsp3) is 0.176. The Labute approximate surface area is 307 Å². The summed E-state index contributed by atoms with van der Waals surface area (Å²) in [4.78, 5) is 0. The number of rotatable bonds is 3. The first kappa shape index (κ1) is 27.7. The predicted octanol–water partition coefficient (Wildman–Crippen LogP) is 13.0. The Balaban J connectivity index is 0.904. The fourth-order valence-corrected chi connectivity index (χ4v) is 13.4. The lowest BCUT2D eigenvalue weighted by atomic mass is 9.11. The summed E-state index contributed by atoms with van der Waals surface area (Å²) in [6.45, 7) is 0. The number of aromatic nitrogens is 1. The average molecular weight is 678 g/mol. The maximum absolute atomic E-state index is 6.11. The van der Waals surface area contributed by atoms with E-state index in [9.17, 15) is 0 Å². The van der Waals surface area contributed by atoms with Crippen LogP contribution in [0.25, 0.3) is 82.8 Å². The Kier molecular flexibility index (Phi) is 4.81. The molecule has 4 atom stereocenters. The van der Waals surface area contributed by atoms with Crippen molar-refractivity contribution >= 4 is 43.7 Å². The monoisotopic (exact) mass is 677 g/mol. The van der Waals surface area contributed by atoms with Gasteiger partial charge in [0.2, 0.25) is 0 Å². The van der Waals surface area contributed by atoms with E-state index in [4.69, 9.17) is 4.42 Å². The van der Waals surface area contributed by atoms with Crippen LogP contribution in [-0.2, 0) is 5.41 Å². The van der Waals surface area contributed by atoms with E-state index in [1.807, 2.05) is 12.1 Å². The summed E-state index contributed by atoms with van der Waals surface area (Å²) in [6.07, 6.45) is 4.40. The normalized spacial score (nSPS) is 26.8. The Morgan fingerprint density at radius 2 is 1.15 bits per heavy atom. The third kappa shape index (κ3) is 3.00. The van der Waals surface area contributed by atoms with Crippen molar-refractivity contribution < 1.29 is 4.42 Å². The first-order valence-electron chi connectivity index (χ1n) is 19.5. The SMILES string of the molecule is c1ccc2c(c1)-c1cc(-c3cccc4c3c3ccccc3n4-c3ccc(-c4ccc5oc6ccccc6c5c4)cc3)ccc1C21C2CC3CC4CC1C342. The van der Waals surface area contributed by atoms with Crippen LogP contribution < -0.4 is 0 Å². The second kappa shape index (κ2) is 9.19. The number of hydrogen-bond donors (Lipinski definition) is 0. The van der Waals surface area contributed by atoms with Crippen molar-refractivity contribution in [2.45, 2.75) is 24.7 Å². The minimum absolute atomic E-state index is 0.254. The second-order valence-electron chi connectivity index (χ2n) is 16.8. The van der Waals surface area contributed by atoms with Crippen molar-refractivity contribution in [3.63, 3.8) is 0 Å². The predicted molar refractivity (Wildman–Crippen MR) is 215 cm³/mol. The number of hydrogen-bond acceptors (Lipinski definition) is 1. The van der Waals surface area contributed by atoms with Crippen molar-refractivity contribution in [2.24, 2.45) is 29.1 Å². The molecule has 2 heteroatoms. The van der Waals surface area contributed by atoms with Crippen LogP contribution in [0.2, 0.25) is 0 Å². The average Bonchev–Trinajstić information content (AvgIpc) is 3.82. The van der Waals surface area contributed by atoms with E-state index < -0.39 is 0 Å². The molecule has 2 heterocycles. The largest absolute Gasteiger partial charge is 0.456 e. The third-order valence-corrected chi connectivity index (χ3v) is 15.3. The molecule has 2 nitrogen and oxygen atoms in total. The van der Waals surface area contributed by atoms with Gasteiger partial charge in [-0.2, -0.15) is 0 Å². The third-order valence-electron chi connectivity index (χ3n) is 15.3. The molecule has 5 aliphatic carbocycles. The van der Waals surface area contributed by atoms with Gasteiger partial charge in [0.25, 0.3) is 0 Å². The fourth-order valence-electron chi connectivity index (χ4n) is 13.4. The second-order valence-corrected chi connectivity index (χ2v) is 16.8. The Morgan fingerprint density at radius 1 is 0.472 bits per heavy atom. The van der Waals surface area contributed by atoms with E-state index in [0.717, 1.165) is 45.6 Å². The van der Waals surface area contributed by atoms with E-state index in [1.165, 1.54) is 80.1 Å². The molecule has 2 spiro atoms. The van der Waals surface area contributed by atoms with Gasteiger partial charge in [0, 0.05) is 32.6 Å². The molecule has 2 aromatic heterocycles. The summed E-state index contributed by atoms with van der Waals surface area (Å²) >= 11 is 0. The summed E-state index contributed by atoms with van der Waals surface area (Å²) in [6, 6.07) is 56.8. The topological polar surface area (TPSA) is 18.1 Å². The van der Waals surface area contributed by atoms with Crippen LogP contribution in [0.15, 0.2) is 156 Å². The van der Waals surface area contributed by atoms with Gasteiger partial charge in [-0.15, -0.1) is 0 Å². The zero-order chi connectivity index (χ0) is 34.2. The van der Waals surface area contributed by atoms with E-state index in [2.05, 4.69) is 144 Å². The number of para-hydroxylation sites is 2. The van der Waals surface area contributed by atoms with Crippen molar-refractivity contribution in [3.05, 3.63) is 163 Å². The van der Waals surface area contributed by atoms with Crippen LogP contribution in [0.3, 0.4) is 0 Å². The minimum Gasteiger partial charge on any atom is -0.456 e. The summed E-state index contributed by atoms with van der Waals surface area (Å²) in [5.74, 6) is 3.76. The number of furan rings is 1. The van der Waals surface area contributed by atoms with E-state index in [1.54, 1.807) is 11.1 Å². The molecule has 0 radical (unpaired) electrons. The molecule has 250 valence electrons. The van der Waals surface area contributed by atoms with Crippen LogP contribution in [0.5, 0.6) is 0 Å². The standard InChI is InChI=1S/C51H35NO/c1-4-12-41-36(8-1)39-25-31(18-22-42(39)51(41)47-27-32-26-33-28-48(51)50(32,33)47)35-11-7-14-44-49(35)38-10-2-5-13-43(38)52(44)34-20-16-29(17-21-34)30-19-23-46-40(24-30)37-9-3-6-15-45(37)53-46/h1-25,32-33,47-48H,26-28H2. The molecule has 0 N–H and O–H groups in total. The first-order chi connectivity index (χ1) is 26.2. The van der Waals surface area contributed by atoms with Gasteiger partial charge in [-0.1, -0.05) is 103 Å². The van der Waals surface area contributed by atoms with E-state index in [0.29, 0.717) is 5.41 Å². The van der Waals surface area contributed by atoms with Gasteiger partial charge >= 0.3 is 0 Å². The highest BCUT2D eigenvalue weighted by molar-refractivity contribution is 6.16. The molecule has 0 aliphatic heterocycles. The quantitative estimate of drug-likeness (QED) is 0.182. The number of benzene rings is 7. The summed E-state index contributed by atoms with van der Waals surface area (Å²) in [7, 11) is 0. The molecule has 53 heavy (non-hydrogen) atoms. The highest BCUT2D eigenvalue weighted by Crippen LogP contribution is 2.94. The zero-order valence-corrected chi connectivity index (χ0v) is 29.2. The van der Waals surface area contributed by atoms with Crippen molar-refractivity contribution in [1.82, 2.24) is 4.57 Å². The Hall–Kier alpha value is -5.86. The maximum atomic E-state index is 6.11. The lowest BCUT2D eigenvalue weighted by Gasteiger charge is -2.92. The summed E-state index contributed by atoms with van der Waals surface area (Å²) in [5.41, 5.74) is 17.7. The van der Waals surface area contributed by atoms with Gasteiger partial charge in [-0.3, -0.25) is 0 Å². The highest BCUT2D eigenvalue weighted by Gasteiger charge is 2.90. The van der Waals surface area contributed by atoms with Crippen LogP contribution >= 0.6 is 0 Å². The Morgan fingerprint density at radius 3 is 2.02 bits per heavy atom. The van der Waals surface area contributed by atoms with E-state index in [-0.39, 0.29) is 5.41 Å². The molecular weight excluding hydrogens is 643 g/mol.